The fourth-order valence-corrected chi connectivity index (χ4v) is 1.50. The largest absolute Gasteiger partial charge is 0.383 e. The van der Waals surface area contributed by atoms with Gasteiger partial charge < -0.3 is 11.1 Å². The Kier molecular flexibility index (Phi) is 3.89. The maximum Gasteiger partial charge on any atom is 0.128 e. The molecule has 0 radical (unpaired) electrons. The zero-order valence-electron chi connectivity index (χ0n) is 8.73. The smallest absolute Gasteiger partial charge is 0.128 e. The predicted octanol–water partition coefficient (Wildman–Crippen LogP) is 2.07. The van der Waals surface area contributed by atoms with Crippen LogP contribution in [-0.4, -0.2) is 13.1 Å². The van der Waals surface area contributed by atoms with Crippen LogP contribution in [0, 0.1) is 12.7 Å². The highest BCUT2D eigenvalue weighted by molar-refractivity contribution is 5.53. The number of halogens is 1. The van der Waals surface area contributed by atoms with E-state index < -0.39 is 0 Å². The maximum absolute atomic E-state index is 13.5. The summed E-state index contributed by atoms with van der Waals surface area (Å²) in [5, 5.41) is 3.13. The highest BCUT2D eigenvalue weighted by atomic mass is 19.1. The predicted molar refractivity (Wildman–Crippen MR) is 58.1 cm³/mol. The third-order valence-electron chi connectivity index (χ3n) is 2.15. The minimum absolute atomic E-state index is 0.132. The van der Waals surface area contributed by atoms with E-state index in [9.17, 15) is 4.39 Å². The lowest BCUT2D eigenvalue weighted by Gasteiger charge is -2.12. The van der Waals surface area contributed by atoms with E-state index in [1.807, 2.05) is 19.9 Å². The highest BCUT2D eigenvalue weighted by Crippen LogP contribution is 2.21. The summed E-state index contributed by atoms with van der Waals surface area (Å²) in [4.78, 5) is 0. The van der Waals surface area contributed by atoms with Crippen molar-refractivity contribution in [2.75, 3.05) is 18.4 Å². The molecule has 0 saturated carbocycles. The van der Waals surface area contributed by atoms with Gasteiger partial charge in [0.1, 0.15) is 5.82 Å². The Morgan fingerprint density at radius 2 is 2.14 bits per heavy atom. The molecule has 0 saturated heterocycles. The number of hydrogen-bond acceptors (Lipinski definition) is 2. The van der Waals surface area contributed by atoms with Gasteiger partial charge in [0, 0.05) is 24.3 Å². The molecule has 0 unspecified atom stereocenters. The van der Waals surface area contributed by atoms with Crippen molar-refractivity contribution >= 4 is 5.69 Å². The molecule has 0 aliphatic heterocycles. The molecule has 1 aromatic carbocycles. The van der Waals surface area contributed by atoms with E-state index in [4.69, 9.17) is 5.73 Å². The number of aryl methyl sites for hydroxylation is 1. The summed E-state index contributed by atoms with van der Waals surface area (Å²) in [7, 11) is 0. The molecule has 0 bridgehead atoms. The molecule has 78 valence electrons. The summed E-state index contributed by atoms with van der Waals surface area (Å²) in [6, 6.07) is 3.52. The molecule has 0 amide bonds. The van der Waals surface area contributed by atoms with Gasteiger partial charge in [0.25, 0.3) is 0 Å². The molecule has 2 nitrogen and oxygen atoms in total. The summed E-state index contributed by atoms with van der Waals surface area (Å²) >= 11 is 0. The molecule has 0 spiro atoms. The number of anilines is 1. The molecule has 3 N–H and O–H groups in total. The number of benzene rings is 1. The monoisotopic (exact) mass is 196 g/mol. The van der Waals surface area contributed by atoms with E-state index in [1.54, 1.807) is 6.07 Å². The van der Waals surface area contributed by atoms with E-state index in [0.29, 0.717) is 19.5 Å². The molecule has 14 heavy (non-hydrogen) atoms. The van der Waals surface area contributed by atoms with E-state index in [-0.39, 0.29) is 5.82 Å². The van der Waals surface area contributed by atoms with Gasteiger partial charge in [-0.1, -0.05) is 6.92 Å². The summed E-state index contributed by atoms with van der Waals surface area (Å²) < 4.78 is 13.5. The van der Waals surface area contributed by atoms with Gasteiger partial charge >= 0.3 is 0 Å². The first-order chi connectivity index (χ1) is 6.69. The standard InChI is InChI=1S/C11H17FN2/c1-3-9-10(12)6-8(2)7-11(9)14-5-4-13/h6-7,14H,3-5,13H2,1-2H3. The lowest BCUT2D eigenvalue weighted by atomic mass is 10.1. The zero-order valence-corrected chi connectivity index (χ0v) is 8.73. The van der Waals surface area contributed by atoms with Crippen LogP contribution in [0.3, 0.4) is 0 Å². The van der Waals surface area contributed by atoms with Crippen molar-refractivity contribution in [1.29, 1.82) is 0 Å². The van der Waals surface area contributed by atoms with Gasteiger partial charge in [0.05, 0.1) is 0 Å². The molecule has 0 aliphatic rings. The Hall–Kier alpha value is -1.09. The van der Waals surface area contributed by atoms with Crippen LogP contribution >= 0.6 is 0 Å². The molecule has 0 heterocycles. The highest BCUT2D eigenvalue weighted by Gasteiger charge is 2.06. The van der Waals surface area contributed by atoms with Gasteiger partial charge in [0.15, 0.2) is 0 Å². The number of rotatable bonds is 4. The van der Waals surface area contributed by atoms with Gasteiger partial charge in [-0.2, -0.15) is 0 Å². The van der Waals surface area contributed by atoms with Crippen molar-refractivity contribution in [1.82, 2.24) is 0 Å². The van der Waals surface area contributed by atoms with Crippen LogP contribution in [0.25, 0.3) is 0 Å². The molecular formula is C11H17FN2. The fourth-order valence-electron chi connectivity index (χ4n) is 1.50. The first-order valence-corrected chi connectivity index (χ1v) is 4.92. The summed E-state index contributed by atoms with van der Waals surface area (Å²) in [5.74, 6) is -0.132. The number of nitrogens with one attached hydrogen (secondary N) is 1. The fraction of sp³-hybridized carbons (Fsp3) is 0.455. The van der Waals surface area contributed by atoms with Crippen LogP contribution in [0.4, 0.5) is 10.1 Å². The van der Waals surface area contributed by atoms with Crippen LogP contribution < -0.4 is 11.1 Å². The summed E-state index contributed by atoms with van der Waals surface area (Å²) in [5.41, 5.74) is 7.93. The van der Waals surface area contributed by atoms with Gasteiger partial charge in [-0.05, 0) is 31.0 Å². The van der Waals surface area contributed by atoms with Crippen LogP contribution in [0.5, 0.6) is 0 Å². The zero-order chi connectivity index (χ0) is 10.6. The average molecular weight is 196 g/mol. The first kappa shape index (κ1) is 11.0. The van der Waals surface area contributed by atoms with E-state index in [0.717, 1.165) is 16.8 Å². The topological polar surface area (TPSA) is 38.0 Å². The quantitative estimate of drug-likeness (QED) is 0.773. The Balaban J connectivity index is 2.99. The number of nitrogens with two attached hydrogens (primary N) is 1. The van der Waals surface area contributed by atoms with E-state index in [2.05, 4.69) is 5.32 Å². The molecular weight excluding hydrogens is 179 g/mol. The third kappa shape index (κ3) is 2.45. The lowest BCUT2D eigenvalue weighted by Crippen LogP contribution is -2.14. The summed E-state index contributed by atoms with van der Waals surface area (Å²) in [6.07, 6.45) is 0.693. The second-order valence-electron chi connectivity index (χ2n) is 3.34. The molecule has 3 heteroatoms. The second kappa shape index (κ2) is 4.96. The van der Waals surface area contributed by atoms with Crippen molar-refractivity contribution in [3.05, 3.63) is 29.1 Å². The minimum Gasteiger partial charge on any atom is -0.383 e. The molecule has 0 fully saturated rings. The SMILES string of the molecule is CCc1c(F)cc(C)cc1NCCN. The van der Waals surface area contributed by atoms with Gasteiger partial charge in [-0.3, -0.25) is 0 Å². The first-order valence-electron chi connectivity index (χ1n) is 4.92. The molecule has 0 atom stereocenters. The van der Waals surface area contributed by atoms with E-state index in [1.165, 1.54) is 0 Å². The maximum atomic E-state index is 13.5. The van der Waals surface area contributed by atoms with Crippen LogP contribution in [0.2, 0.25) is 0 Å². The molecule has 0 aromatic heterocycles. The van der Waals surface area contributed by atoms with Gasteiger partial charge in [-0.15, -0.1) is 0 Å². The Morgan fingerprint density at radius 1 is 1.43 bits per heavy atom. The normalized spacial score (nSPS) is 10.3. The van der Waals surface area contributed by atoms with E-state index >= 15 is 0 Å². The minimum atomic E-state index is -0.132. The second-order valence-corrected chi connectivity index (χ2v) is 3.34. The number of hydrogen-bond donors (Lipinski definition) is 2. The van der Waals surface area contributed by atoms with Crippen molar-refractivity contribution in [2.45, 2.75) is 20.3 Å². The lowest BCUT2D eigenvalue weighted by molar-refractivity contribution is 0.611. The van der Waals surface area contributed by atoms with Crippen molar-refractivity contribution < 1.29 is 4.39 Å². The van der Waals surface area contributed by atoms with Crippen molar-refractivity contribution in [2.24, 2.45) is 5.73 Å². The van der Waals surface area contributed by atoms with Crippen molar-refractivity contribution in [3.63, 3.8) is 0 Å². The average Bonchev–Trinajstić information content (AvgIpc) is 2.14. The Morgan fingerprint density at radius 3 is 2.71 bits per heavy atom. The Bertz CT molecular complexity index is 310. The van der Waals surface area contributed by atoms with Crippen LogP contribution in [0.15, 0.2) is 12.1 Å². The molecule has 0 aliphatic carbocycles. The van der Waals surface area contributed by atoms with Gasteiger partial charge in [-0.25, -0.2) is 4.39 Å². The third-order valence-corrected chi connectivity index (χ3v) is 2.15. The molecule has 1 rings (SSSR count). The summed E-state index contributed by atoms with van der Waals surface area (Å²) in [6.45, 7) is 5.06. The Labute approximate surface area is 84.3 Å². The van der Waals surface area contributed by atoms with Crippen molar-refractivity contribution in [3.8, 4) is 0 Å². The van der Waals surface area contributed by atoms with Crippen LogP contribution in [-0.2, 0) is 6.42 Å². The van der Waals surface area contributed by atoms with Gasteiger partial charge in [0.2, 0.25) is 0 Å². The molecule has 1 aromatic rings. The van der Waals surface area contributed by atoms with Crippen LogP contribution in [0.1, 0.15) is 18.1 Å².